The number of carbonyl (C=O) groups excluding carboxylic acids is 2. The van der Waals surface area contributed by atoms with Gasteiger partial charge in [0.15, 0.2) is 5.13 Å². The summed E-state index contributed by atoms with van der Waals surface area (Å²) in [5.74, 6) is 0.532. The van der Waals surface area contributed by atoms with Crippen molar-refractivity contribution < 1.29 is 14.3 Å². The van der Waals surface area contributed by atoms with Crippen LogP contribution >= 0.6 is 46.3 Å². The van der Waals surface area contributed by atoms with Crippen molar-refractivity contribution in [1.82, 2.24) is 4.98 Å². The fourth-order valence-corrected chi connectivity index (χ4v) is 5.13. The van der Waals surface area contributed by atoms with E-state index in [0.717, 1.165) is 20.9 Å². The summed E-state index contributed by atoms with van der Waals surface area (Å²) >= 11 is 14.8. The molecule has 0 saturated heterocycles. The molecule has 0 spiro atoms. The van der Waals surface area contributed by atoms with Gasteiger partial charge in [-0.05, 0) is 67.6 Å². The summed E-state index contributed by atoms with van der Waals surface area (Å²) in [7, 11) is 0. The van der Waals surface area contributed by atoms with E-state index in [1.807, 2.05) is 37.3 Å². The van der Waals surface area contributed by atoms with Crippen LogP contribution in [0.4, 0.5) is 10.8 Å². The molecule has 2 N–H and O–H groups in total. The van der Waals surface area contributed by atoms with Gasteiger partial charge in [-0.3, -0.25) is 9.59 Å². The summed E-state index contributed by atoms with van der Waals surface area (Å²) in [5, 5.41) is 6.94. The normalized spacial score (nSPS) is 10.8. The van der Waals surface area contributed by atoms with Crippen molar-refractivity contribution in [2.45, 2.75) is 11.8 Å². The molecule has 0 aliphatic carbocycles. The standard InChI is InChI=1S/C24H19Cl2N3O3S2/c1-2-32-16-6-10-20-21(12-16)34-24(28-20)29-22(30)13-33-17-7-4-15(5-8-17)27-23(31)18-9-3-14(25)11-19(18)26/h3-12H,2,13H2,1H3,(H,27,31)(H,28,29,30). The number of nitrogens with one attached hydrogen (secondary N) is 2. The van der Waals surface area contributed by atoms with Crippen LogP contribution in [0.5, 0.6) is 5.75 Å². The predicted octanol–water partition coefficient (Wildman–Crippen LogP) is 6.98. The van der Waals surface area contributed by atoms with Crippen molar-refractivity contribution in [3.8, 4) is 5.75 Å². The molecule has 2 amide bonds. The van der Waals surface area contributed by atoms with Crippen LogP contribution in [-0.4, -0.2) is 29.2 Å². The molecule has 1 heterocycles. The number of hydrogen-bond acceptors (Lipinski definition) is 6. The van der Waals surface area contributed by atoms with E-state index in [1.54, 1.807) is 24.3 Å². The van der Waals surface area contributed by atoms with Crippen molar-refractivity contribution >= 4 is 79.2 Å². The first-order chi connectivity index (χ1) is 16.4. The molecular weight excluding hydrogens is 513 g/mol. The molecule has 0 radical (unpaired) electrons. The first kappa shape index (κ1) is 24.3. The summed E-state index contributed by atoms with van der Waals surface area (Å²) < 4.78 is 6.46. The molecule has 0 unspecified atom stereocenters. The molecule has 34 heavy (non-hydrogen) atoms. The van der Waals surface area contributed by atoms with Gasteiger partial charge in [0, 0.05) is 15.6 Å². The molecule has 174 valence electrons. The third-order valence-electron chi connectivity index (χ3n) is 4.58. The van der Waals surface area contributed by atoms with Crippen LogP contribution in [0.1, 0.15) is 17.3 Å². The van der Waals surface area contributed by atoms with Crippen molar-refractivity contribution in [1.29, 1.82) is 0 Å². The lowest BCUT2D eigenvalue weighted by Crippen LogP contribution is -2.13. The molecule has 4 aromatic rings. The molecule has 10 heteroatoms. The number of anilines is 2. The van der Waals surface area contributed by atoms with E-state index >= 15 is 0 Å². The van der Waals surface area contributed by atoms with Crippen LogP contribution in [0.15, 0.2) is 65.6 Å². The van der Waals surface area contributed by atoms with Gasteiger partial charge in [-0.2, -0.15) is 0 Å². The molecule has 0 fully saturated rings. The number of ether oxygens (including phenoxy) is 1. The Hall–Kier alpha value is -2.78. The minimum absolute atomic E-state index is 0.149. The van der Waals surface area contributed by atoms with E-state index in [1.165, 1.54) is 29.2 Å². The van der Waals surface area contributed by atoms with Crippen LogP contribution in [0.2, 0.25) is 10.0 Å². The number of thioether (sulfide) groups is 1. The third-order valence-corrected chi connectivity index (χ3v) is 7.07. The minimum atomic E-state index is -0.328. The lowest BCUT2D eigenvalue weighted by atomic mass is 10.2. The SMILES string of the molecule is CCOc1ccc2nc(NC(=O)CSc3ccc(NC(=O)c4ccc(Cl)cc4Cl)cc3)sc2c1. The summed E-state index contributed by atoms with van der Waals surface area (Å²) in [6, 6.07) is 17.6. The smallest absolute Gasteiger partial charge is 0.257 e. The monoisotopic (exact) mass is 531 g/mol. The molecule has 0 bridgehead atoms. The van der Waals surface area contributed by atoms with Gasteiger partial charge in [0.25, 0.3) is 5.91 Å². The van der Waals surface area contributed by atoms with Gasteiger partial charge in [-0.25, -0.2) is 4.98 Å². The van der Waals surface area contributed by atoms with E-state index in [2.05, 4.69) is 15.6 Å². The highest BCUT2D eigenvalue weighted by Crippen LogP contribution is 2.30. The first-order valence-electron chi connectivity index (χ1n) is 10.2. The van der Waals surface area contributed by atoms with E-state index in [0.29, 0.717) is 28.0 Å². The van der Waals surface area contributed by atoms with Crippen LogP contribution < -0.4 is 15.4 Å². The van der Waals surface area contributed by atoms with Crippen molar-refractivity contribution in [2.24, 2.45) is 0 Å². The quantitative estimate of drug-likeness (QED) is 0.239. The van der Waals surface area contributed by atoms with Gasteiger partial charge < -0.3 is 15.4 Å². The second-order valence-electron chi connectivity index (χ2n) is 7.02. The Balaban J connectivity index is 1.30. The van der Waals surface area contributed by atoms with Crippen molar-refractivity contribution in [2.75, 3.05) is 23.0 Å². The Labute approximate surface area is 214 Å². The highest BCUT2D eigenvalue weighted by Gasteiger charge is 2.12. The summed E-state index contributed by atoms with van der Waals surface area (Å²) in [6.07, 6.45) is 0. The number of thiazole rings is 1. The number of aromatic nitrogens is 1. The number of carbonyl (C=O) groups is 2. The lowest BCUT2D eigenvalue weighted by Gasteiger charge is -2.08. The molecular formula is C24H19Cl2N3O3S2. The van der Waals surface area contributed by atoms with E-state index in [9.17, 15) is 9.59 Å². The van der Waals surface area contributed by atoms with Crippen molar-refractivity contribution in [3.05, 3.63) is 76.3 Å². The fraction of sp³-hybridized carbons (Fsp3) is 0.125. The minimum Gasteiger partial charge on any atom is -0.494 e. The van der Waals surface area contributed by atoms with Crippen LogP contribution in [0, 0.1) is 0 Å². The fourth-order valence-electron chi connectivity index (χ4n) is 3.03. The molecule has 3 aromatic carbocycles. The number of fused-ring (bicyclic) bond motifs is 1. The Bertz CT molecular complexity index is 1340. The largest absolute Gasteiger partial charge is 0.494 e. The zero-order valence-electron chi connectivity index (χ0n) is 17.9. The number of halogens is 2. The maximum absolute atomic E-state index is 12.4. The van der Waals surface area contributed by atoms with Gasteiger partial charge >= 0.3 is 0 Å². The lowest BCUT2D eigenvalue weighted by molar-refractivity contribution is -0.113. The Morgan fingerprint density at radius 1 is 1.03 bits per heavy atom. The molecule has 0 atom stereocenters. The van der Waals surface area contributed by atoms with Crippen LogP contribution in [-0.2, 0) is 4.79 Å². The Kier molecular flexibility index (Phi) is 7.95. The van der Waals surface area contributed by atoms with Gasteiger partial charge in [0.1, 0.15) is 5.75 Å². The third kappa shape index (κ3) is 6.21. The first-order valence-corrected chi connectivity index (χ1v) is 12.8. The van der Waals surface area contributed by atoms with Gasteiger partial charge in [0.05, 0.1) is 33.2 Å². The molecule has 0 saturated carbocycles. The highest BCUT2D eigenvalue weighted by molar-refractivity contribution is 8.00. The maximum atomic E-state index is 12.4. The molecule has 1 aromatic heterocycles. The highest BCUT2D eigenvalue weighted by atomic mass is 35.5. The number of rotatable bonds is 8. The second kappa shape index (κ2) is 11.1. The van der Waals surface area contributed by atoms with Gasteiger partial charge in [-0.15, -0.1) is 11.8 Å². The van der Waals surface area contributed by atoms with E-state index in [4.69, 9.17) is 27.9 Å². The zero-order valence-corrected chi connectivity index (χ0v) is 21.1. The Morgan fingerprint density at radius 2 is 1.82 bits per heavy atom. The van der Waals surface area contributed by atoms with E-state index in [-0.39, 0.29) is 22.6 Å². The molecule has 4 rings (SSSR count). The summed E-state index contributed by atoms with van der Waals surface area (Å²) in [5.41, 5.74) is 1.77. The van der Waals surface area contributed by atoms with E-state index < -0.39 is 0 Å². The summed E-state index contributed by atoms with van der Waals surface area (Å²) in [6.45, 7) is 2.52. The second-order valence-corrected chi connectivity index (χ2v) is 9.94. The van der Waals surface area contributed by atoms with Gasteiger partial charge in [-0.1, -0.05) is 34.5 Å². The van der Waals surface area contributed by atoms with Crippen LogP contribution in [0.25, 0.3) is 10.2 Å². The van der Waals surface area contributed by atoms with Crippen LogP contribution in [0.3, 0.4) is 0 Å². The van der Waals surface area contributed by atoms with Crippen molar-refractivity contribution in [3.63, 3.8) is 0 Å². The average Bonchev–Trinajstić information content (AvgIpc) is 3.20. The number of hydrogen-bond donors (Lipinski definition) is 2. The average molecular weight is 532 g/mol. The maximum Gasteiger partial charge on any atom is 0.257 e. The molecule has 0 aliphatic heterocycles. The topological polar surface area (TPSA) is 80.3 Å². The molecule has 6 nitrogen and oxygen atoms in total. The predicted molar refractivity (Wildman–Crippen MR) is 141 cm³/mol. The number of nitrogens with zero attached hydrogens (tertiary/aromatic N) is 1. The van der Waals surface area contributed by atoms with Gasteiger partial charge in [0.2, 0.25) is 5.91 Å². The summed E-state index contributed by atoms with van der Waals surface area (Å²) in [4.78, 5) is 30.2. The number of amides is 2. The molecule has 0 aliphatic rings. The zero-order chi connectivity index (χ0) is 24.1. The Morgan fingerprint density at radius 3 is 2.56 bits per heavy atom. The number of benzene rings is 3.